The van der Waals surface area contributed by atoms with Gasteiger partial charge in [-0.1, -0.05) is 6.92 Å². The highest BCUT2D eigenvalue weighted by Crippen LogP contribution is 2.24. The molecule has 1 heterocycles. The summed E-state index contributed by atoms with van der Waals surface area (Å²) >= 11 is 0. The Morgan fingerprint density at radius 1 is 1.64 bits per heavy atom. The zero-order valence-corrected chi connectivity index (χ0v) is 7.50. The molecule has 1 rings (SSSR count). The van der Waals surface area contributed by atoms with E-state index in [4.69, 9.17) is 10.5 Å². The molecule has 1 fully saturated rings. The van der Waals surface area contributed by atoms with Crippen LogP contribution in [0.2, 0.25) is 0 Å². The number of rotatable bonds is 2. The van der Waals surface area contributed by atoms with Crippen molar-refractivity contribution in [2.45, 2.75) is 45.1 Å². The van der Waals surface area contributed by atoms with Gasteiger partial charge in [0, 0.05) is 6.54 Å². The molecule has 0 saturated carbocycles. The molecule has 3 heteroatoms. The minimum absolute atomic E-state index is 0.267. The van der Waals surface area contributed by atoms with E-state index in [1.165, 1.54) is 0 Å². The van der Waals surface area contributed by atoms with E-state index in [9.17, 15) is 0 Å². The van der Waals surface area contributed by atoms with Crippen LogP contribution in [0.4, 0.5) is 0 Å². The maximum Gasteiger partial charge on any atom is 0.144 e. The van der Waals surface area contributed by atoms with Gasteiger partial charge < -0.3 is 10.5 Å². The summed E-state index contributed by atoms with van der Waals surface area (Å²) in [6.45, 7) is 6.61. The average molecular weight is 157 g/mol. The van der Waals surface area contributed by atoms with E-state index in [0.29, 0.717) is 12.6 Å². The molecule has 0 bridgehead atoms. The van der Waals surface area contributed by atoms with Crippen molar-refractivity contribution in [2.24, 2.45) is 5.73 Å². The third kappa shape index (κ3) is 1.72. The van der Waals surface area contributed by atoms with Gasteiger partial charge in [-0.2, -0.15) is 0 Å². The third-order valence-electron chi connectivity index (χ3n) is 2.20. The predicted molar refractivity (Wildman–Crippen MR) is 44.2 cm³/mol. The Labute approximate surface area is 68.3 Å². The summed E-state index contributed by atoms with van der Waals surface area (Å²) in [5.74, 6) is 0. The maximum atomic E-state index is 5.67. The fourth-order valence-electron chi connectivity index (χ4n) is 1.49. The van der Waals surface area contributed by atoms with E-state index in [1.54, 1.807) is 0 Å². The fourth-order valence-corrected chi connectivity index (χ4v) is 1.49. The van der Waals surface area contributed by atoms with E-state index in [1.807, 2.05) is 6.92 Å². The first-order chi connectivity index (χ1) is 5.11. The average Bonchev–Trinajstić information content (AvgIpc) is 2.27. The topological polar surface area (TPSA) is 49.4 Å². The van der Waals surface area contributed by atoms with Gasteiger partial charge in [0.25, 0.3) is 0 Å². The van der Waals surface area contributed by atoms with E-state index in [0.717, 1.165) is 6.42 Å². The van der Waals surface area contributed by atoms with E-state index >= 15 is 0 Å². The van der Waals surface area contributed by atoms with Gasteiger partial charge in [0.1, 0.15) is 5.72 Å². The molecular weight excluding hydrogens is 140 g/mol. The van der Waals surface area contributed by atoms with Crippen LogP contribution >= 0.6 is 0 Å². The van der Waals surface area contributed by atoms with Gasteiger partial charge in [0.15, 0.2) is 0 Å². The number of nitrogens with two attached hydrogens (primary N) is 1. The molecule has 65 valence electrons. The van der Waals surface area contributed by atoms with Crippen LogP contribution in [0.25, 0.3) is 0 Å². The van der Waals surface area contributed by atoms with Crippen LogP contribution in [0.1, 0.15) is 27.2 Å². The molecule has 0 aromatic carbocycles. The van der Waals surface area contributed by atoms with Crippen LogP contribution in [0.3, 0.4) is 0 Å². The van der Waals surface area contributed by atoms with Crippen molar-refractivity contribution < 1.29 is 4.74 Å². The van der Waals surface area contributed by atoms with Gasteiger partial charge in [-0.25, -0.2) is 5.32 Å². The normalized spacial score (nSPS) is 44.7. The number of hydrogen-bond donors (Lipinski definition) is 1. The van der Waals surface area contributed by atoms with Crippen LogP contribution in [0.15, 0.2) is 0 Å². The highest BCUT2D eigenvalue weighted by atomic mass is 16.5. The number of hydrogen-bond acceptors (Lipinski definition) is 2. The van der Waals surface area contributed by atoms with Crippen molar-refractivity contribution in [2.75, 3.05) is 6.54 Å². The standard InChI is InChI=1S/C8H17N2O/c1-4-7-6(2)10-8(3,5-9)11-7/h6-7H,4-5,9H2,1-3H3. The zero-order chi connectivity index (χ0) is 8.48. The van der Waals surface area contributed by atoms with Crippen LogP contribution in [-0.2, 0) is 4.74 Å². The van der Waals surface area contributed by atoms with Gasteiger partial charge in [0.05, 0.1) is 12.1 Å². The Balaban J connectivity index is 2.55. The first kappa shape index (κ1) is 8.97. The summed E-state index contributed by atoms with van der Waals surface area (Å²) in [6, 6.07) is 0.300. The van der Waals surface area contributed by atoms with Gasteiger partial charge in [0.2, 0.25) is 0 Å². The first-order valence-electron chi connectivity index (χ1n) is 4.21. The Kier molecular flexibility index (Phi) is 2.52. The minimum Gasteiger partial charge on any atom is -0.353 e. The second-order valence-electron chi connectivity index (χ2n) is 3.31. The third-order valence-corrected chi connectivity index (χ3v) is 2.20. The summed E-state index contributed by atoms with van der Waals surface area (Å²) in [6.07, 6.45) is 1.28. The summed E-state index contributed by atoms with van der Waals surface area (Å²) in [7, 11) is 0. The van der Waals surface area contributed by atoms with E-state index in [-0.39, 0.29) is 6.10 Å². The largest absolute Gasteiger partial charge is 0.353 e. The van der Waals surface area contributed by atoms with E-state index in [2.05, 4.69) is 19.2 Å². The molecule has 2 N–H and O–H groups in total. The van der Waals surface area contributed by atoms with Crippen LogP contribution in [-0.4, -0.2) is 24.4 Å². The fraction of sp³-hybridized carbons (Fsp3) is 1.00. The molecule has 0 amide bonds. The second-order valence-corrected chi connectivity index (χ2v) is 3.31. The van der Waals surface area contributed by atoms with Crippen molar-refractivity contribution in [3.8, 4) is 0 Å². The monoisotopic (exact) mass is 157 g/mol. The highest BCUT2D eigenvalue weighted by molar-refractivity contribution is 4.89. The zero-order valence-electron chi connectivity index (χ0n) is 7.50. The Bertz CT molecular complexity index is 140. The lowest BCUT2D eigenvalue weighted by molar-refractivity contribution is -0.0336. The van der Waals surface area contributed by atoms with Crippen molar-refractivity contribution >= 4 is 0 Å². The van der Waals surface area contributed by atoms with Crippen LogP contribution in [0, 0.1) is 0 Å². The van der Waals surface area contributed by atoms with E-state index < -0.39 is 5.72 Å². The molecule has 11 heavy (non-hydrogen) atoms. The quantitative estimate of drug-likeness (QED) is 0.633. The molecule has 1 aliphatic rings. The van der Waals surface area contributed by atoms with Gasteiger partial charge in [-0.05, 0) is 20.3 Å². The van der Waals surface area contributed by atoms with Gasteiger partial charge >= 0.3 is 0 Å². The van der Waals surface area contributed by atoms with Crippen molar-refractivity contribution in [3.05, 3.63) is 0 Å². The summed E-state index contributed by atoms with van der Waals surface area (Å²) in [4.78, 5) is 0. The lowest BCUT2D eigenvalue weighted by Crippen LogP contribution is -2.41. The molecule has 3 atom stereocenters. The SMILES string of the molecule is CCC1OC(C)(CN)[N]C1C. The van der Waals surface area contributed by atoms with Crippen molar-refractivity contribution in [1.82, 2.24) is 5.32 Å². The number of ether oxygens (including phenoxy) is 1. The molecule has 1 radical (unpaired) electrons. The van der Waals surface area contributed by atoms with Crippen LogP contribution < -0.4 is 11.1 Å². The van der Waals surface area contributed by atoms with Crippen LogP contribution in [0.5, 0.6) is 0 Å². The second kappa shape index (κ2) is 3.09. The summed E-state index contributed by atoms with van der Waals surface area (Å²) in [5, 5.41) is 4.44. The molecule has 3 unspecified atom stereocenters. The Morgan fingerprint density at radius 2 is 2.27 bits per heavy atom. The summed E-state index contributed by atoms with van der Waals surface area (Å²) < 4.78 is 5.67. The smallest absolute Gasteiger partial charge is 0.144 e. The number of nitrogens with zero attached hydrogens (tertiary/aromatic N) is 1. The lowest BCUT2D eigenvalue weighted by Gasteiger charge is -2.20. The van der Waals surface area contributed by atoms with Gasteiger partial charge in [-0.3, -0.25) is 0 Å². The molecule has 1 saturated heterocycles. The lowest BCUT2D eigenvalue weighted by atomic mass is 10.1. The van der Waals surface area contributed by atoms with Crippen molar-refractivity contribution in [3.63, 3.8) is 0 Å². The molecule has 0 aliphatic carbocycles. The molecule has 0 aromatic rings. The maximum absolute atomic E-state index is 5.67. The highest BCUT2D eigenvalue weighted by Gasteiger charge is 2.39. The van der Waals surface area contributed by atoms with Gasteiger partial charge in [-0.15, -0.1) is 0 Å². The Hall–Kier alpha value is -0.120. The molecule has 0 aromatic heterocycles. The molecule has 3 nitrogen and oxygen atoms in total. The summed E-state index contributed by atoms with van der Waals surface area (Å²) in [5.41, 5.74) is 5.11. The molecular formula is C8H17N2O. The van der Waals surface area contributed by atoms with Crippen molar-refractivity contribution in [1.29, 1.82) is 0 Å². The minimum atomic E-state index is -0.417. The molecule has 0 spiro atoms. The predicted octanol–water partition coefficient (Wildman–Crippen LogP) is 0.463. The first-order valence-corrected chi connectivity index (χ1v) is 4.21. The Morgan fingerprint density at radius 3 is 2.55 bits per heavy atom. The molecule has 1 aliphatic heterocycles.